The lowest BCUT2D eigenvalue weighted by Gasteiger charge is -2.31. The highest BCUT2D eigenvalue weighted by Crippen LogP contribution is 2.44. The first kappa shape index (κ1) is 24.5. The summed E-state index contributed by atoms with van der Waals surface area (Å²) < 4.78 is 12.5. The normalized spacial score (nSPS) is 14.9. The van der Waals surface area contributed by atoms with Gasteiger partial charge in [0, 0.05) is 42.2 Å². The van der Waals surface area contributed by atoms with E-state index in [2.05, 4.69) is 25.8 Å². The van der Waals surface area contributed by atoms with E-state index < -0.39 is 0 Å². The highest BCUT2D eigenvalue weighted by molar-refractivity contribution is 6.01. The number of aromatic nitrogens is 1. The number of hydrogen-bond acceptors (Lipinski definition) is 5. The molecule has 1 aliphatic heterocycles. The molecule has 1 unspecified atom stereocenters. The predicted octanol–water partition coefficient (Wildman–Crippen LogP) is 5.97. The number of hydrogen-bond donors (Lipinski definition) is 0. The quantitative estimate of drug-likeness (QED) is 0.359. The molecule has 0 spiro atoms. The molecule has 6 heteroatoms. The van der Waals surface area contributed by atoms with Crippen LogP contribution in [-0.4, -0.2) is 41.8 Å². The van der Waals surface area contributed by atoms with Crippen molar-refractivity contribution in [3.05, 3.63) is 77.6 Å². The standard InChI is InChI=1S/C29H32N2O4/c1-5-27-26-16-30-13-12-24(26)25-11-10-22(15-28(25)35-27)34-18-21(14-19(2)3)31(4)29(33)23-9-7-6-8-20(23)17-32/h6-13,15-17,19,21,27H,5,14,18H2,1-4H3/t21-,27?/m0/s1. The van der Waals surface area contributed by atoms with Gasteiger partial charge in [-0.25, -0.2) is 0 Å². The number of aldehydes is 1. The molecule has 0 saturated heterocycles. The Morgan fingerprint density at radius 2 is 1.97 bits per heavy atom. The van der Waals surface area contributed by atoms with Gasteiger partial charge in [0.2, 0.25) is 0 Å². The average Bonchev–Trinajstić information content (AvgIpc) is 2.89. The van der Waals surface area contributed by atoms with Crippen LogP contribution in [0.2, 0.25) is 0 Å². The topological polar surface area (TPSA) is 68.7 Å². The Hall–Kier alpha value is -3.67. The molecular formula is C29H32N2O4. The molecule has 0 radical (unpaired) electrons. The molecule has 4 rings (SSSR count). The number of likely N-dealkylation sites (N-methyl/N-ethyl adjacent to an activating group) is 1. The summed E-state index contributed by atoms with van der Waals surface area (Å²) in [7, 11) is 1.77. The summed E-state index contributed by atoms with van der Waals surface area (Å²) in [6, 6.07) is 14.6. The van der Waals surface area contributed by atoms with E-state index in [-0.39, 0.29) is 18.1 Å². The van der Waals surface area contributed by atoms with Gasteiger partial charge in [-0.05, 0) is 48.6 Å². The molecule has 0 fully saturated rings. The monoisotopic (exact) mass is 472 g/mol. The lowest BCUT2D eigenvalue weighted by molar-refractivity contribution is 0.0647. The van der Waals surface area contributed by atoms with Gasteiger partial charge in [-0.2, -0.15) is 0 Å². The third-order valence-electron chi connectivity index (χ3n) is 6.45. The Morgan fingerprint density at radius 3 is 2.71 bits per heavy atom. The number of rotatable bonds is 9. The van der Waals surface area contributed by atoms with Crippen molar-refractivity contribution in [1.29, 1.82) is 0 Å². The van der Waals surface area contributed by atoms with Crippen LogP contribution in [0.4, 0.5) is 0 Å². The molecule has 0 bridgehead atoms. The molecule has 2 heterocycles. The highest BCUT2D eigenvalue weighted by Gasteiger charge is 2.27. The van der Waals surface area contributed by atoms with Crippen LogP contribution in [0.5, 0.6) is 11.5 Å². The van der Waals surface area contributed by atoms with E-state index in [0.29, 0.717) is 29.4 Å². The van der Waals surface area contributed by atoms with Crippen molar-refractivity contribution in [3.63, 3.8) is 0 Å². The molecule has 6 nitrogen and oxygen atoms in total. The van der Waals surface area contributed by atoms with Crippen LogP contribution in [-0.2, 0) is 0 Å². The van der Waals surface area contributed by atoms with Crippen molar-refractivity contribution in [3.8, 4) is 22.6 Å². The van der Waals surface area contributed by atoms with Gasteiger partial charge in [-0.3, -0.25) is 14.6 Å². The molecule has 2 aromatic carbocycles. The largest absolute Gasteiger partial charge is 0.491 e. The second-order valence-electron chi connectivity index (χ2n) is 9.35. The summed E-state index contributed by atoms with van der Waals surface area (Å²) in [5.74, 6) is 1.66. The zero-order chi connectivity index (χ0) is 24.9. The molecule has 0 N–H and O–H groups in total. The van der Waals surface area contributed by atoms with E-state index in [1.807, 2.05) is 30.5 Å². The first-order valence-electron chi connectivity index (χ1n) is 12.1. The van der Waals surface area contributed by atoms with Crippen molar-refractivity contribution in [2.45, 2.75) is 45.8 Å². The highest BCUT2D eigenvalue weighted by atomic mass is 16.5. The smallest absolute Gasteiger partial charge is 0.254 e. The Balaban J connectivity index is 1.53. The molecule has 3 aromatic rings. The molecule has 35 heavy (non-hydrogen) atoms. The second kappa shape index (κ2) is 10.7. The fraction of sp³-hybridized carbons (Fsp3) is 0.345. The zero-order valence-electron chi connectivity index (χ0n) is 20.7. The van der Waals surface area contributed by atoms with E-state index in [9.17, 15) is 9.59 Å². The van der Waals surface area contributed by atoms with E-state index in [1.54, 1.807) is 42.4 Å². The van der Waals surface area contributed by atoms with Crippen molar-refractivity contribution >= 4 is 12.2 Å². The van der Waals surface area contributed by atoms with E-state index in [1.165, 1.54) is 0 Å². The summed E-state index contributed by atoms with van der Waals surface area (Å²) in [6.45, 7) is 6.67. The third kappa shape index (κ3) is 5.21. The summed E-state index contributed by atoms with van der Waals surface area (Å²) in [5, 5.41) is 0. The number of amides is 1. The van der Waals surface area contributed by atoms with Crippen molar-refractivity contribution in [2.75, 3.05) is 13.7 Å². The maximum absolute atomic E-state index is 13.2. The van der Waals surface area contributed by atoms with Gasteiger partial charge in [-0.1, -0.05) is 39.0 Å². The Kier molecular flexibility index (Phi) is 7.49. The van der Waals surface area contributed by atoms with Gasteiger partial charge in [0.1, 0.15) is 24.2 Å². The van der Waals surface area contributed by atoms with Crippen molar-refractivity contribution < 1.29 is 19.1 Å². The molecular weight excluding hydrogens is 440 g/mol. The number of fused-ring (bicyclic) bond motifs is 3. The van der Waals surface area contributed by atoms with E-state index >= 15 is 0 Å². The SMILES string of the molecule is CCC1Oc2cc(OC[C@H](CC(C)C)N(C)C(=O)c3ccccc3C=O)ccc2-c2ccncc21. The maximum atomic E-state index is 13.2. The number of nitrogens with zero attached hydrogens (tertiary/aromatic N) is 2. The van der Waals surface area contributed by atoms with Gasteiger partial charge in [0.05, 0.1) is 11.6 Å². The minimum Gasteiger partial charge on any atom is -0.491 e. The molecule has 182 valence electrons. The third-order valence-corrected chi connectivity index (χ3v) is 6.45. The summed E-state index contributed by atoms with van der Waals surface area (Å²) in [5.41, 5.74) is 4.05. The van der Waals surface area contributed by atoms with Gasteiger partial charge in [-0.15, -0.1) is 0 Å². The minimum atomic E-state index is -0.188. The minimum absolute atomic E-state index is 0.0446. The number of benzene rings is 2. The first-order valence-corrected chi connectivity index (χ1v) is 12.1. The van der Waals surface area contributed by atoms with Crippen molar-refractivity contribution in [1.82, 2.24) is 9.88 Å². The summed E-state index contributed by atoms with van der Waals surface area (Å²) in [6.07, 6.45) is 5.97. The lowest BCUT2D eigenvalue weighted by atomic mass is 9.93. The number of carbonyl (C=O) groups is 2. The number of pyridine rings is 1. The molecule has 2 atom stereocenters. The van der Waals surface area contributed by atoms with Crippen LogP contribution >= 0.6 is 0 Å². The summed E-state index contributed by atoms with van der Waals surface area (Å²) in [4.78, 5) is 30.6. The van der Waals surface area contributed by atoms with Crippen LogP contribution in [0.3, 0.4) is 0 Å². The second-order valence-corrected chi connectivity index (χ2v) is 9.35. The fourth-order valence-corrected chi connectivity index (χ4v) is 4.57. The first-order chi connectivity index (χ1) is 16.9. The number of carbonyl (C=O) groups excluding carboxylic acids is 2. The van der Waals surface area contributed by atoms with Gasteiger partial charge < -0.3 is 14.4 Å². The summed E-state index contributed by atoms with van der Waals surface area (Å²) >= 11 is 0. The predicted molar refractivity (Wildman–Crippen MR) is 136 cm³/mol. The molecule has 0 aliphatic carbocycles. The fourth-order valence-electron chi connectivity index (χ4n) is 4.57. The Morgan fingerprint density at radius 1 is 1.17 bits per heavy atom. The average molecular weight is 473 g/mol. The van der Waals surface area contributed by atoms with Crippen LogP contribution in [0.15, 0.2) is 60.9 Å². The Bertz CT molecular complexity index is 1210. The molecule has 1 aromatic heterocycles. The number of ether oxygens (including phenoxy) is 2. The van der Waals surface area contributed by atoms with Gasteiger partial charge >= 0.3 is 0 Å². The van der Waals surface area contributed by atoms with Crippen LogP contribution < -0.4 is 9.47 Å². The van der Waals surface area contributed by atoms with Crippen LogP contribution in [0.25, 0.3) is 11.1 Å². The molecule has 1 aliphatic rings. The molecule has 0 saturated carbocycles. The van der Waals surface area contributed by atoms with Crippen molar-refractivity contribution in [2.24, 2.45) is 5.92 Å². The van der Waals surface area contributed by atoms with Crippen LogP contribution in [0.1, 0.15) is 66.0 Å². The lowest BCUT2D eigenvalue weighted by Crippen LogP contribution is -2.42. The van der Waals surface area contributed by atoms with Gasteiger partial charge in [0.15, 0.2) is 6.29 Å². The zero-order valence-corrected chi connectivity index (χ0v) is 20.7. The van der Waals surface area contributed by atoms with E-state index in [4.69, 9.17) is 9.47 Å². The molecule has 1 amide bonds. The van der Waals surface area contributed by atoms with Crippen LogP contribution in [0, 0.1) is 5.92 Å². The Labute approximate surface area is 206 Å². The van der Waals surface area contributed by atoms with E-state index in [0.717, 1.165) is 41.6 Å². The maximum Gasteiger partial charge on any atom is 0.254 e. The van der Waals surface area contributed by atoms with Gasteiger partial charge in [0.25, 0.3) is 5.91 Å².